The van der Waals surface area contributed by atoms with Gasteiger partial charge >= 0.3 is 0 Å². The minimum Gasteiger partial charge on any atom is -0.393 e. The van der Waals surface area contributed by atoms with Gasteiger partial charge in [0.15, 0.2) is 5.43 Å². The number of aromatic amines is 1. The number of hydrogen-bond acceptors (Lipinski definition) is 3. The van der Waals surface area contributed by atoms with Crippen LogP contribution in [0, 0.1) is 0 Å². The molecule has 2 N–H and O–H groups in total. The quantitative estimate of drug-likeness (QED) is 0.817. The SMILES string of the molecule is O=C(c1cc(=O)c2ccccc2[nH]1)N1CCC(O)CC1. The maximum Gasteiger partial charge on any atom is 0.270 e. The largest absolute Gasteiger partial charge is 0.393 e. The van der Waals surface area contributed by atoms with E-state index in [1.54, 1.807) is 23.1 Å². The first-order chi connectivity index (χ1) is 9.65. The van der Waals surface area contributed by atoms with Crippen LogP contribution in [0.25, 0.3) is 10.9 Å². The molecule has 20 heavy (non-hydrogen) atoms. The van der Waals surface area contributed by atoms with E-state index in [0.29, 0.717) is 42.5 Å². The van der Waals surface area contributed by atoms with Gasteiger partial charge in [-0.25, -0.2) is 0 Å². The van der Waals surface area contributed by atoms with E-state index in [9.17, 15) is 14.7 Å². The number of carbonyl (C=O) groups is 1. The van der Waals surface area contributed by atoms with Gasteiger partial charge in [-0.3, -0.25) is 9.59 Å². The molecule has 0 saturated carbocycles. The molecule has 1 fully saturated rings. The molecule has 1 saturated heterocycles. The molecular formula is C15H16N2O3. The molecule has 1 aliphatic heterocycles. The smallest absolute Gasteiger partial charge is 0.270 e. The van der Waals surface area contributed by atoms with Gasteiger partial charge in [-0.2, -0.15) is 0 Å². The Labute approximate surface area is 115 Å². The van der Waals surface area contributed by atoms with E-state index < -0.39 is 0 Å². The van der Waals surface area contributed by atoms with Crippen LogP contribution in [0.4, 0.5) is 0 Å². The van der Waals surface area contributed by atoms with Gasteiger partial charge in [0.25, 0.3) is 5.91 Å². The Morgan fingerprint density at radius 1 is 1.25 bits per heavy atom. The summed E-state index contributed by atoms with van der Waals surface area (Å²) in [6.07, 6.45) is 0.849. The number of hydrogen-bond donors (Lipinski definition) is 2. The molecule has 104 valence electrons. The molecule has 1 aromatic heterocycles. The molecule has 1 aromatic carbocycles. The topological polar surface area (TPSA) is 73.4 Å². The van der Waals surface area contributed by atoms with E-state index in [0.717, 1.165) is 0 Å². The van der Waals surface area contributed by atoms with Gasteiger partial charge in [0.05, 0.1) is 6.10 Å². The lowest BCUT2D eigenvalue weighted by atomic mass is 10.1. The van der Waals surface area contributed by atoms with Crippen LogP contribution >= 0.6 is 0 Å². The monoisotopic (exact) mass is 272 g/mol. The third-order valence-corrected chi connectivity index (χ3v) is 3.72. The predicted molar refractivity (Wildman–Crippen MR) is 75.7 cm³/mol. The van der Waals surface area contributed by atoms with Crippen LogP contribution in [0.5, 0.6) is 0 Å². The van der Waals surface area contributed by atoms with Gasteiger partial charge in [0.1, 0.15) is 5.69 Å². The third kappa shape index (κ3) is 2.32. The third-order valence-electron chi connectivity index (χ3n) is 3.72. The van der Waals surface area contributed by atoms with Crippen LogP contribution < -0.4 is 5.43 Å². The van der Waals surface area contributed by atoms with E-state index in [4.69, 9.17) is 0 Å². The molecule has 0 unspecified atom stereocenters. The molecule has 0 bridgehead atoms. The number of aliphatic hydroxyl groups excluding tert-OH is 1. The zero-order chi connectivity index (χ0) is 14.1. The summed E-state index contributed by atoms with van der Waals surface area (Å²) >= 11 is 0. The summed E-state index contributed by atoms with van der Waals surface area (Å²) in [5.41, 5.74) is 0.824. The molecule has 0 radical (unpaired) electrons. The van der Waals surface area contributed by atoms with Gasteiger partial charge in [-0.15, -0.1) is 0 Å². The number of para-hydroxylation sites is 1. The number of fused-ring (bicyclic) bond motifs is 1. The minimum absolute atomic E-state index is 0.153. The number of aliphatic hydroxyl groups is 1. The fourth-order valence-electron chi connectivity index (χ4n) is 2.55. The fraction of sp³-hybridized carbons (Fsp3) is 0.333. The van der Waals surface area contributed by atoms with Crippen LogP contribution in [-0.2, 0) is 0 Å². The van der Waals surface area contributed by atoms with Crippen molar-refractivity contribution < 1.29 is 9.90 Å². The highest BCUT2D eigenvalue weighted by molar-refractivity contribution is 5.94. The number of piperidine rings is 1. The van der Waals surface area contributed by atoms with E-state index in [-0.39, 0.29) is 17.4 Å². The Balaban J connectivity index is 1.94. The highest BCUT2D eigenvalue weighted by atomic mass is 16.3. The van der Waals surface area contributed by atoms with E-state index in [2.05, 4.69) is 4.98 Å². The van der Waals surface area contributed by atoms with Crippen molar-refractivity contribution in [1.29, 1.82) is 0 Å². The Kier molecular flexibility index (Phi) is 3.28. The van der Waals surface area contributed by atoms with Crippen molar-refractivity contribution >= 4 is 16.8 Å². The van der Waals surface area contributed by atoms with Crippen molar-refractivity contribution in [2.24, 2.45) is 0 Å². The van der Waals surface area contributed by atoms with Crippen molar-refractivity contribution in [3.63, 3.8) is 0 Å². The fourth-order valence-corrected chi connectivity index (χ4v) is 2.55. The lowest BCUT2D eigenvalue weighted by molar-refractivity contribution is 0.0542. The summed E-state index contributed by atoms with van der Waals surface area (Å²) < 4.78 is 0. The Morgan fingerprint density at radius 2 is 1.95 bits per heavy atom. The van der Waals surface area contributed by atoms with Gasteiger partial charge in [-0.1, -0.05) is 12.1 Å². The van der Waals surface area contributed by atoms with Crippen LogP contribution in [0.15, 0.2) is 35.1 Å². The molecule has 1 amide bonds. The average Bonchev–Trinajstić information content (AvgIpc) is 2.47. The number of likely N-dealkylation sites (tertiary alicyclic amines) is 1. The Hall–Kier alpha value is -2.14. The number of pyridine rings is 1. The number of benzene rings is 1. The van der Waals surface area contributed by atoms with Crippen molar-refractivity contribution in [2.75, 3.05) is 13.1 Å². The van der Waals surface area contributed by atoms with E-state index >= 15 is 0 Å². The molecule has 5 nitrogen and oxygen atoms in total. The molecule has 3 rings (SSSR count). The molecule has 5 heteroatoms. The molecule has 0 aliphatic carbocycles. The number of amides is 1. The summed E-state index contributed by atoms with van der Waals surface area (Å²) in [6.45, 7) is 1.05. The number of aromatic nitrogens is 1. The zero-order valence-corrected chi connectivity index (χ0v) is 11.0. The number of rotatable bonds is 1. The maximum atomic E-state index is 12.4. The molecule has 2 heterocycles. The molecule has 1 aliphatic rings. The summed E-state index contributed by atoms with van der Waals surface area (Å²) in [6, 6.07) is 8.50. The second-order valence-corrected chi connectivity index (χ2v) is 5.12. The zero-order valence-electron chi connectivity index (χ0n) is 11.0. The van der Waals surface area contributed by atoms with Crippen molar-refractivity contribution in [3.8, 4) is 0 Å². The highest BCUT2D eigenvalue weighted by Gasteiger charge is 2.23. The summed E-state index contributed by atoms with van der Waals surface area (Å²) in [4.78, 5) is 29.1. The summed E-state index contributed by atoms with van der Waals surface area (Å²) in [5, 5.41) is 10.1. The lowest BCUT2D eigenvalue weighted by Crippen LogP contribution is -2.40. The first kappa shape index (κ1) is 12.9. The van der Waals surface area contributed by atoms with Gasteiger partial charge in [0, 0.05) is 30.1 Å². The second kappa shape index (κ2) is 5.09. The maximum absolute atomic E-state index is 12.4. The first-order valence-electron chi connectivity index (χ1n) is 6.74. The Morgan fingerprint density at radius 3 is 2.70 bits per heavy atom. The minimum atomic E-state index is -0.324. The average molecular weight is 272 g/mol. The Bertz CT molecular complexity index is 700. The van der Waals surface area contributed by atoms with Crippen LogP contribution in [0.3, 0.4) is 0 Å². The second-order valence-electron chi connectivity index (χ2n) is 5.12. The van der Waals surface area contributed by atoms with Crippen molar-refractivity contribution in [3.05, 3.63) is 46.2 Å². The molecule has 0 spiro atoms. The number of carbonyl (C=O) groups excluding carboxylic acids is 1. The number of nitrogens with zero attached hydrogens (tertiary/aromatic N) is 1. The van der Waals surface area contributed by atoms with Crippen LogP contribution in [0.2, 0.25) is 0 Å². The van der Waals surface area contributed by atoms with E-state index in [1.165, 1.54) is 6.07 Å². The summed E-state index contributed by atoms with van der Waals surface area (Å²) in [7, 11) is 0. The first-order valence-corrected chi connectivity index (χ1v) is 6.74. The van der Waals surface area contributed by atoms with Crippen LogP contribution in [-0.4, -0.2) is 40.1 Å². The lowest BCUT2D eigenvalue weighted by Gasteiger charge is -2.29. The van der Waals surface area contributed by atoms with E-state index in [1.807, 2.05) is 6.07 Å². The van der Waals surface area contributed by atoms with Gasteiger partial charge in [-0.05, 0) is 25.0 Å². The molecule has 0 atom stereocenters. The van der Waals surface area contributed by atoms with Gasteiger partial charge < -0.3 is 15.0 Å². The van der Waals surface area contributed by atoms with Crippen molar-refractivity contribution in [2.45, 2.75) is 18.9 Å². The predicted octanol–water partition coefficient (Wildman–Crippen LogP) is 1.12. The van der Waals surface area contributed by atoms with Crippen molar-refractivity contribution in [1.82, 2.24) is 9.88 Å². The van der Waals surface area contributed by atoms with Crippen LogP contribution in [0.1, 0.15) is 23.3 Å². The number of nitrogens with one attached hydrogen (secondary N) is 1. The number of H-pyrrole nitrogens is 1. The van der Waals surface area contributed by atoms with Gasteiger partial charge in [0.2, 0.25) is 0 Å². The molecular weight excluding hydrogens is 256 g/mol. The molecule has 2 aromatic rings. The standard InChI is InChI=1S/C15H16N2O3/c18-10-5-7-17(8-6-10)15(20)13-9-14(19)11-3-1-2-4-12(11)16-13/h1-4,9-10,18H,5-8H2,(H,16,19). The summed E-state index contributed by atoms with van der Waals surface area (Å²) in [5.74, 6) is -0.181. The highest BCUT2D eigenvalue weighted by Crippen LogP contribution is 2.14. The normalized spacial score (nSPS) is 16.6.